The number of para-hydroxylation sites is 1. The zero-order valence-corrected chi connectivity index (χ0v) is 12.0. The maximum atomic E-state index is 6.00. The number of hydrogen-bond acceptors (Lipinski definition) is 2. The highest BCUT2D eigenvalue weighted by Crippen LogP contribution is 2.31. The smallest absolute Gasteiger partial charge is 0.0465 e. The van der Waals surface area contributed by atoms with Crippen molar-refractivity contribution in [3.05, 3.63) is 59.7 Å². The summed E-state index contributed by atoms with van der Waals surface area (Å²) in [6, 6.07) is 16.2. The number of rotatable bonds is 3. The molecule has 0 saturated carbocycles. The second-order valence-electron chi connectivity index (χ2n) is 4.23. The minimum absolute atomic E-state index is 0.293. The van der Waals surface area contributed by atoms with Crippen molar-refractivity contribution >= 4 is 27.9 Å². The molecule has 2 rings (SSSR count). The maximum absolute atomic E-state index is 6.00. The molecule has 0 aliphatic rings. The van der Waals surface area contributed by atoms with E-state index in [4.69, 9.17) is 5.73 Å². The summed E-state index contributed by atoms with van der Waals surface area (Å²) < 4.78 is 4.64. The van der Waals surface area contributed by atoms with Gasteiger partial charge < -0.3 is 5.73 Å². The molecule has 0 bridgehead atoms. The predicted molar refractivity (Wildman–Crippen MR) is 87.2 cm³/mol. The molecule has 98 valence electrons. The van der Waals surface area contributed by atoms with E-state index < -0.39 is 0 Å². The Morgan fingerprint density at radius 2 is 1.74 bits per heavy atom. The molecule has 0 spiro atoms. The Bertz CT molecular complexity index is 613. The molecule has 1 atom stereocenters. The average Bonchev–Trinajstić information content (AvgIpc) is 2.43. The van der Waals surface area contributed by atoms with Gasteiger partial charge in [-0.3, -0.25) is 0 Å². The van der Waals surface area contributed by atoms with Crippen molar-refractivity contribution in [3.8, 4) is 0 Å². The normalized spacial score (nSPS) is 12.9. The first-order chi connectivity index (χ1) is 9.20. The Balaban J connectivity index is 2.25. The van der Waals surface area contributed by atoms with Gasteiger partial charge in [0.25, 0.3) is 0 Å². The fourth-order valence-electron chi connectivity index (χ4n) is 1.69. The third-order valence-corrected chi connectivity index (χ3v) is 4.36. The van der Waals surface area contributed by atoms with Crippen LogP contribution in [-0.4, -0.2) is 11.6 Å². The van der Waals surface area contributed by atoms with Crippen LogP contribution < -0.4 is 5.73 Å². The van der Waals surface area contributed by atoms with Gasteiger partial charge in [-0.15, -0.1) is 0 Å². The van der Waals surface area contributed by atoms with Crippen LogP contribution in [0.25, 0.3) is 0 Å². The fourth-order valence-corrected chi connectivity index (χ4v) is 2.94. The molecule has 0 radical (unpaired) electrons. The van der Waals surface area contributed by atoms with Gasteiger partial charge in [-0.2, -0.15) is 0 Å². The van der Waals surface area contributed by atoms with Crippen molar-refractivity contribution in [1.82, 2.24) is 0 Å². The van der Waals surface area contributed by atoms with Crippen molar-refractivity contribution in [1.29, 1.82) is 0 Å². The zero-order chi connectivity index (χ0) is 13.7. The summed E-state index contributed by atoms with van der Waals surface area (Å²) in [5.74, 6) is 0. The van der Waals surface area contributed by atoms with Crippen molar-refractivity contribution in [2.45, 2.75) is 18.7 Å². The van der Waals surface area contributed by atoms with Crippen LogP contribution in [-0.2, 0) is 0 Å². The van der Waals surface area contributed by atoms with Crippen LogP contribution in [0.3, 0.4) is 0 Å². The largest absolute Gasteiger partial charge is 0.398 e. The van der Waals surface area contributed by atoms with Gasteiger partial charge in [0.15, 0.2) is 0 Å². The third-order valence-electron chi connectivity index (χ3n) is 2.76. The Kier molecular flexibility index (Phi) is 4.53. The monoisotopic (exact) mass is 270 g/mol. The van der Waals surface area contributed by atoms with Crippen LogP contribution in [0.2, 0.25) is 0 Å². The lowest BCUT2D eigenvalue weighted by Crippen LogP contribution is -1.89. The molecule has 0 aliphatic heterocycles. The van der Waals surface area contributed by atoms with Gasteiger partial charge in [-0.1, -0.05) is 42.0 Å². The summed E-state index contributed by atoms with van der Waals surface area (Å²) in [6.07, 6.45) is 1.91. The molecular formula is C16H18N2S. The second kappa shape index (κ2) is 6.34. The van der Waals surface area contributed by atoms with Crippen molar-refractivity contribution in [3.63, 3.8) is 0 Å². The third kappa shape index (κ3) is 3.55. The van der Waals surface area contributed by atoms with Crippen LogP contribution in [0, 0.1) is 6.92 Å². The van der Waals surface area contributed by atoms with E-state index in [9.17, 15) is 0 Å². The van der Waals surface area contributed by atoms with E-state index in [1.54, 1.807) is 0 Å². The van der Waals surface area contributed by atoms with E-state index in [1.165, 1.54) is 5.56 Å². The first kappa shape index (κ1) is 13.6. The van der Waals surface area contributed by atoms with Crippen LogP contribution in [0.1, 0.15) is 18.1 Å². The number of nitrogens with two attached hydrogens (primary N) is 1. The second-order valence-corrected chi connectivity index (χ2v) is 5.98. The Hall–Kier alpha value is -1.87. The number of benzene rings is 2. The quantitative estimate of drug-likeness (QED) is 0.510. The van der Waals surface area contributed by atoms with Gasteiger partial charge >= 0.3 is 0 Å². The summed E-state index contributed by atoms with van der Waals surface area (Å²) >= 11 is 0. The topological polar surface area (TPSA) is 38.4 Å². The van der Waals surface area contributed by atoms with Crippen molar-refractivity contribution in [2.75, 3.05) is 5.73 Å². The van der Waals surface area contributed by atoms with Crippen LogP contribution in [0.5, 0.6) is 0 Å². The highest BCUT2D eigenvalue weighted by atomic mass is 32.2. The van der Waals surface area contributed by atoms with Gasteiger partial charge in [0.1, 0.15) is 0 Å². The van der Waals surface area contributed by atoms with Crippen molar-refractivity contribution < 1.29 is 0 Å². The Morgan fingerprint density at radius 1 is 1.05 bits per heavy atom. The predicted octanol–water partition coefficient (Wildman–Crippen LogP) is 4.06. The zero-order valence-electron chi connectivity index (χ0n) is 11.2. The van der Waals surface area contributed by atoms with Crippen molar-refractivity contribution in [2.24, 2.45) is 4.40 Å². The van der Waals surface area contributed by atoms with Gasteiger partial charge in [0, 0.05) is 16.8 Å². The summed E-state index contributed by atoms with van der Waals surface area (Å²) in [6.45, 7) is 4.10. The molecule has 3 heteroatoms. The van der Waals surface area contributed by atoms with E-state index in [0.717, 1.165) is 16.1 Å². The minimum atomic E-state index is -0.293. The van der Waals surface area contributed by atoms with E-state index in [1.807, 2.05) is 37.4 Å². The Morgan fingerprint density at radius 3 is 2.37 bits per heavy atom. The molecule has 2 nitrogen and oxygen atoms in total. The van der Waals surface area contributed by atoms with Gasteiger partial charge in [0.05, 0.1) is 0 Å². The molecule has 2 N–H and O–H groups in total. The van der Waals surface area contributed by atoms with Gasteiger partial charge in [0.2, 0.25) is 0 Å². The molecule has 2 aromatic carbocycles. The van der Waals surface area contributed by atoms with Crippen LogP contribution in [0.4, 0.5) is 5.69 Å². The van der Waals surface area contributed by atoms with Gasteiger partial charge in [-0.25, -0.2) is 4.40 Å². The molecular weight excluding hydrogens is 252 g/mol. The lowest BCUT2D eigenvalue weighted by Gasteiger charge is -2.06. The molecule has 0 saturated heterocycles. The van der Waals surface area contributed by atoms with E-state index in [-0.39, 0.29) is 10.7 Å². The molecule has 2 aromatic rings. The number of hydrogen-bond donors (Lipinski definition) is 1. The first-order valence-electron chi connectivity index (χ1n) is 6.18. The summed E-state index contributed by atoms with van der Waals surface area (Å²) in [4.78, 5) is 1.08. The number of anilines is 1. The molecule has 0 aliphatic carbocycles. The lowest BCUT2D eigenvalue weighted by atomic mass is 10.2. The van der Waals surface area contributed by atoms with Gasteiger partial charge in [-0.05, 0) is 47.6 Å². The molecule has 0 amide bonds. The van der Waals surface area contributed by atoms with E-state index in [2.05, 4.69) is 41.0 Å². The summed E-state index contributed by atoms with van der Waals surface area (Å²) in [5.41, 5.74) is 9.16. The highest BCUT2D eigenvalue weighted by molar-refractivity contribution is 8.14. The minimum Gasteiger partial charge on any atom is -0.398 e. The van der Waals surface area contributed by atoms with Crippen LogP contribution in [0.15, 0.2) is 57.8 Å². The first-order valence-corrected chi connectivity index (χ1v) is 7.43. The number of aryl methyl sites for hydroxylation is 1. The van der Waals surface area contributed by atoms with E-state index in [0.29, 0.717) is 0 Å². The molecule has 0 heterocycles. The molecule has 19 heavy (non-hydrogen) atoms. The average molecular weight is 270 g/mol. The number of nitrogen functional groups attached to an aromatic ring is 1. The summed E-state index contributed by atoms with van der Waals surface area (Å²) in [5, 5.41) is 2.08. The lowest BCUT2D eigenvalue weighted by molar-refractivity contribution is 1.45. The standard InChI is InChI=1S/C16H18N2S/c1-3-19(16-7-5-4-6-15(16)17)18-12-14-10-8-13(2)9-11-14/h3-12H,17H2,1-2H3. The summed E-state index contributed by atoms with van der Waals surface area (Å²) in [7, 11) is -0.293. The van der Waals surface area contributed by atoms with Crippen LogP contribution >= 0.6 is 10.7 Å². The highest BCUT2D eigenvalue weighted by Gasteiger charge is 2.00. The maximum Gasteiger partial charge on any atom is 0.0465 e. The molecule has 0 fully saturated rings. The fraction of sp³-hybridized carbons (Fsp3) is 0.125. The SMILES string of the molecule is C/C=S(/N=Cc1ccc(C)cc1)c1ccccc1N. The van der Waals surface area contributed by atoms with E-state index >= 15 is 0 Å². The Labute approximate surface area is 117 Å². The molecule has 1 unspecified atom stereocenters. The number of nitrogens with zero attached hydrogens (tertiary/aromatic N) is 1. The molecule has 0 aromatic heterocycles.